The molecule has 2 heterocycles. The third-order valence-corrected chi connectivity index (χ3v) is 3.89. The van der Waals surface area contributed by atoms with Crippen LogP contribution >= 0.6 is 15.9 Å². The van der Waals surface area contributed by atoms with Crippen molar-refractivity contribution in [1.82, 2.24) is 4.98 Å². The Labute approximate surface area is 130 Å². The summed E-state index contributed by atoms with van der Waals surface area (Å²) in [7, 11) is 1.59. The van der Waals surface area contributed by atoms with Crippen LogP contribution in [-0.4, -0.2) is 31.2 Å². The molecule has 1 aliphatic rings. The van der Waals surface area contributed by atoms with E-state index >= 15 is 0 Å². The summed E-state index contributed by atoms with van der Waals surface area (Å²) in [5.41, 5.74) is 1.33. The molecule has 0 radical (unpaired) electrons. The summed E-state index contributed by atoms with van der Waals surface area (Å²) in [4.78, 5) is 18.4. The zero-order valence-electron chi connectivity index (χ0n) is 11.4. The van der Waals surface area contributed by atoms with Crippen LogP contribution in [0, 0.1) is 0 Å². The van der Waals surface area contributed by atoms with E-state index in [1.165, 1.54) is 0 Å². The molecule has 1 amide bonds. The number of methoxy groups -OCH3 is 1. The Balaban J connectivity index is 1.95. The highest BCUT2D eigenvalue weighted by molar-refractivity contribution is 9.10. The first-order valence-electron chi connectivity index (χ1n) is 6.43. The van der Waals surface area contributed by atoms with E-state index in [0.29, 0.717) is 30.2 Å². The Hall–Kier alpha value is -2.08. The third kappa shape index (κ3) is 2.58. The van der Waals surface area contributed by atoms with E-state index < -0.39 is 0 Å². The first kappa shape index (κ1) is 13.9. The summed E-state index contributed by atoms with van der Waals surface area (Å²) >= 11 is 3.40. The Morgan fingerprint density at radius 1 is 1.43 bits per heavy atom. The lowest BCUT2D eigenvalue weighted by Gasteiger charge is -2.29. The number of carbonyl (C=O) groups excluding carboxylic acids is 1. The summed E-state index contributed by atoms with van der Waals surface area (Å²) in [6.45, 7) is 0.973. The van der Waals surface area contributed by atoms with Gasteiger partial charge in [-0.2, -0.15) is 0 Å². The van der Waals surface area contributed by atoms with Crippen molar-refractivity contribution in [2.45, 2.75) is 0 Å². The first-order chi connectivity index (χ1) is 10.2. The number of aromatic nitrogens is 1. The molecular formula is C15H13BrN2O3. The summed E-state index contributed by atoms with van der Waals surface area (Å²) < 4.78 is 11.4. The van der Waals surface area contributed by atoms with Crippen LogP contribution < -0.4 is 14.4 Å². The average molecular weight is 349 g/mol. The van der Waals surface area contributed by atoms with Gasteiger partial charge < -0.3 is 14.4 Å². The van der Waals surface area contributed by atoms with Crippen molar-refractivity contribution < 1.29 is 14.3 Å². The Morgan fingerprint density at radius 2 is 2.29 bits per heavy atom. The van der Waals surface area contributed by atoms with E-state index in [-0.39, 0.29) is 5.91 Å². The number of halogens is 1. The maximum Gasteiger partial charge on any atom is 0.258 e. The van der Waals surface area contributed by atoms with Crippen LogP contribution in [0.2, 0.25) is 0 Å². The van der Waals surface area contributed by atoms with E-state index in [4.69, 9.17) is 9.47 Å². The number of pyridine rings is 1. The summed E-state index contributed by atoms with van der Waals surface area (Å²) in [6, 6.07) is 7.07. The van der Waals surface area contributed by atoms with E-state index in [0.717, 1.165) is 10.2 Å². The number of nitrogens with zero attached hydrogens (tertiary/aromatic N) is 2. The van der Waals surface area contributed by atoms with E-state index in [2.05, 4.69) is 20.9 Å². The molecule has 1 aliphatic heterocycles. The second-order valence-corrected chi connectivity index (χ2v) is 5.35. The number of ether oxygens (including phenoxy) is 2. The van der Waals surface area contributed by atoms with Crippen LogP contribution in [0.3, 0.4) is 0 Å². The maximum absolute atomic E-state index is 12.7. The molecule has 0 fully saturated rings. The molecule has 5 nitrogen and oxygen atoms in total. The van der Waals surface area contributed by atoms with Crippen molar-refractivity contribution >= 4 is 27.5 Å². The van der Waals surface area contributed by atoms with Gasteiger partial charge in [0.1, 0.15) is 12.4 Å². The topological polar surface area (TPSA) is 51.7 Å². The second-order valence-electron chi connectivity index (χ2n) is 4.50. The normalized spacial score (nSPS) is 13.3. The number of rotatable bonds is 2. The van der Waals surface area contributed by atoms with Crippen molar-refractivity contribution in [2.24, 2.45) is 0 Å². The van der Waals surface area contributed by atoms with Gasteiger partial charge in [0.25, 0.3) is 5.91 Å². The van der Waals surface area contributed by atoms with Crippen LogP contribution in [-0.2, 0) is 0 Å². The Kier molecular flexibility index (Phi) is 3.79. The van der Waals surface area contributed by atoms with Crippen molar-refractivity contribution in [1.29, 1.82) is 0 Å². The first-order valence-corrected chi connectivity index (χ1v) is 7.22. The molecule has 6 heteroatoms. The number of hydrogen-bond donors (Lipinski definition) is 0. The van der Waals surface area contributed by atoms with Gasteiger partial charge >= 0.3 is 0 Å². The molecule has 1 aromatic heterocycles. The molecule has 108 valence electrons. The number of benzene rings is 1. The largest absolute Gasteiger partial charge is 0.496 e. The van der Waals surface area contributed by atoms with Gasteiger partial charge in [0.05, 0.1) is 30.0 Å². The molecule has 21 heavy (non-hydrogen) atoms. The van der Waals surface area contributed by atoms with Crippen LogP contribution in [0.25, 0.3) is 0 Å². The highest BCUT2D eigenvalue weighted by Gasteiger charge is 2.25. The van der Waals surface area contributed by atoms with Crippen molar-refractivity contribution in [3.8, 4) is 11.5 Å². The minimum absolute atomic E-state index is 0.0749. The molecule has 1 aromatic carbocycles. The lowest BCUT2D eigenvalue weighted by atomic mass is 10.1. The predicted molar refractivity (Wildman–Crippen MR) is 82.1 cm³/mol. The average Bonchev–Trinajstić information content (AvgIpc) is 2.53. The number of carbonyl (C=O) groups is 1. The van der Waals surface area contributed by atoms with Gasteiger partial charge in [-0.1, -0.05) is 0 Å². The van der Waals surface area contributed by atoms with Crippen LogP contribution in [0.5, 0.6) is 11.5 Å². The lowest BCUT2D eigenvalue weighted by Crippen LogP contribution is -2.38. The summed E-state index contributed by atoms with van der Waals surface area (Å²) in [5, 5.41) is 0. The number of hydrogen-bond acceptors (Lipinski definition) is 4. The van der Waals surface area contributed by atoms with E-state index in [1.807, 2.05) is 0 Å². The molecule has 0 saturated heterocycles. The van der Waals surface area contributed by atoms with Gasteiger partial charge in [-0.15, -0.1) is 0 Å². The van der Waals surface area contributed by atoms with Gasteiger partial charge in [-0.3, -0.25) is 9.78 Å². The molecule has 0 unspecified atom stereocenters. The van der Waals surface area contributed by atoms with E-state index in [1.54, 1.807) is 48.7 Å². The molecule has 0 atom stereocenters. The smallest absolute Gasteiger partial charge is 0.258 e. The molecule has 0 bridgehead atoms. The number of amides is 1. The second kappa shape index (κ2) is 5.73. The van der Waals surface area contributed by atoms with E-state index in [9.17, 15) is 4.79 Å². The molecule has 3 rings (SSSR count). The van der Waals surface area contributed by atoms with Gasteiger partial charge in [-0.25, -0.2) is 0 Å². The molecule has 0 spiro atoms. The molecular weight excluding hydrogens is 336 g/mol. The molecule has 0 N–H and O–H groups in total. The zero-order chi connectivity index (χ0) is 14.8. The van der Waals surface area contributed by atoms with Crippen LogP contribution in [0.1, 0.15) is 10.4 Å². The molecule has 0 saturated carbocycles. The maximum atomic E-state index is 12.7. The fraction of sp³-hybridized carbons (Fsp3) is 0.200. The SMILES string of the molecule is COc1ccc(C(=O)N2CCOc3cnccc32)cc1Br. The Morgan fingerprint density at radius 3 is 3.05 bits per heavy atom. The van der Waals surface area contributed by atoms with Crippen molar-refractivity contribution in [2.75, 3.05) is 25.2 Å². The van der Waals surface area contributed by atoms with Gasteiger partial charge in [0.2, 0.25) is 0 Å². The Bertz CT molecular complexity index is 690. The van der Waals surface area contributed by atoms with Crippen LogP contribution in [0.4, 0.5) is 5.69 Å². The number of fused-ring (bicyclic) bond motifs is 1. The fourth-order valence-electron chi connectivity index (χ4n) is 2.24. The highest BCUT2D eigenvalue weighted by atomic mass is 79.9. The van der Waals surface area contributed by atoms with Crippen molar-refractivity contribution in [3.05, 3.63) is 46.7 Å². The lowest BCUT2D eigenvalue weighted by molar-refractivity contribution is 0.0976. The van der Waals surface area contributed by atoms with Gasteiger partial charge in [-0.05, 0) is 40.2 Å². The fourth-order valence-corrected chi connectivity index (χ4v) is 2.78. The minimum atomic E-state index is -0.0749. The predicted octanol–water partition coefficient (Wildman–Crippen LogP) is 2.89. The molecule has 2 aromatic rings. The summed E-state index contributed by atoms with van der Waals surface area (Å²) in [6.07, 6.45) is 3.27. The standard InChI is InChI=1S/C15H13BrN2O3/c1-20-13-3-2-10(8-11(13)16)15(19)18-6-7-21-14-9-17-5-4-12(14)18/h2-5,8-9H,6-7H2,1H3. The third-order valence-electron chi connectivity index (χ3n) is 3.27. The number of anilines is 1. The van der Waals surface area contributed by atoms with Gasteiger partial charge in [0.15, 0.2) is 5.75 Å². The van der Waals surface area contributed by atoms with Crippen LogP contribution in [0.15, 0.2) is 41.1 Å². The van der Waals surface area contributed by atoms with Crippen molar-refractivity contribution in [3.63, 3.8) is 0 Å². The molecule has 0 aliphatic carbocycles. The van der Waals surface area contributed by atoms with Gasteiger partial charge in [0, 0.05) is 11.8 Å². The highest BCUT2D eigenvalue weighted by Crippen LogP contribution is 2.32. The summed E-state index contributed by atoms with van der Waals surface area (Å²) in [5.74, 6) is 1.25. The minimum Gasteiger partial charge on any atom is -0.496 e. The monoisotopic (exact) mass is 348 g/mol. The quantitative estimate of drug-likeness (QED) is 0.837. The zero-order valence-corrected chi connectivity index (χ0v) is 13.0.